The van der Waals surface area contributed by atoms with E-state index < -0.39 is 5.92 Å². The van der Waals surface area contributed by atoms with Crippen molar-refractivity contribution >= 4 is 21.7 Å². The zero-order valence-electron chi connectivity index (χ0n) is 7.37. The molecule has 1 atom stereocenters. The molecule has 0 fully saturated rings. The van der Waals surface area contributed by atoms with Gasteiger partial charge in [-0.1, -0.05) is 15.9 Å². The van der Waals surface area contributed by atoms with Gasteiger partial charge in [0.2, 0.25) is 0 Å². The van der Waals surface area contributed by atoms with E-state index in [9.17, 15) is 4.79 Å². The van der Waals surface area contributed by atoms with Crippen LogP contribution in [0.4, 0.5) is 0 Å². The molecule has 1 aliphatic heterocycles. The van der Waals surface area contributed by atoms with Gasteiger partial charge in [0.05, 0.1) is 18.1 Å². The van der Waals surface area contributed by atoms with Gasteiger partial charge in [0.15, 0.2) is 5.78 Å². The monoisotopic (exact) mass is 256 g/mol. The number of benzene rings is 1. The molecule has 0 aromatic heterocycles. The molecule has 0 radical (unpaired) electrons. The van der Waals surface area contributed by atoms with Gasteiger partial charge in [-0.2, -0.15) is 0 Å². The topological polar surface area (TPSA) is 46.5 Å². The molecule has 3 nitrogen and oxygen atoms in total. The van der Waals surface area contributed by atoms with Crippen molar-refractivity contribution in [1.29, 1.82) is 0 Å². The van der Waals surface area contributed by atoms with Gasteiger partial charge < -0.3 is 9.84 Å². The number of Topliss-reactive ketones (excluding diaryl/α,β-unsaturated/α-hetero) is 1. The normalized spacial score (nSPS) is 20.1. The molecule has 1 heterocycles. The Bertz CT molecular complexity index is 376. The van der Waals surface area contributed by atoms with Crippen LogP contribution in [0.1, 0.15) is 10.4 Å². The minimum absolute atomic E-state index is 0.0462. The van der Waals surface area contributed by atoms with E-state index in [4.69, 9.17) is 9.84 Å². The van der Waals surface area contributed by atoms with Gasteiger partial charge in [-0.3, -0.25) is 4.79 Å². The van der Waals surface area contributed by atoms with Crippen LogP contribution in [0.5, 0.6) is 5.75 Å². The summed E-state index contributed by atoms with van der Waals surface area (Å²) in [5.74, 6) is 0.134. The average molecular weight is 257 g/mol. The zero-order valence-corrected chi connectivity index (χ0v) is 8.95. The molecule has 4 heteroatoms. The molecule has 0 amide bonds. The molecule has 0 bridgehead atoms. The van der Waals surface area contributed by atoms with Gasteiger partial charge in [0.25, 0.3) is 0 Å². The van der Waals surface area contributed by atoms with E-state index in [0.717, 1.165) is 4.47 Å². The van der Waals surface area contributed by atoms with Crippen molar-refractivity contribution in [2.45, 2.75) is 0 Å². The Morgan fingerprint density at radius 3 is 3.07 bits per heavy atom. The molecule has 1 aromatic rings. The smallest absolute Gasteiger partial charge is 0.175 e. The second-order valence-electron chi connectivity index (χ2n) is 3.20. The quantitative estimate of drug-likeness (QED) is 0.831. The first-order chi connectivity index (χ1) is 6.72. The van der Waals surface area contributed by atoms with E-state index >= 15 is 0 Å². The summed E-state index contributed by atoms with van der Waals surface area (Å²) in [6.07, 6.45) is 0. The molecule has 0 saturated carbocycles. The Hall–Kier alpha value is -0.870. The molecule has 2 rings (SSSR count). The lowest BCUT2D eigenvalue weighted by Gasteiger charge is -2.22. The van der Waals surface area contributed by atoms with Crippen molar-refractivity contribution in [3.8, 4) is 5.75 Å². The minimum Gasteiger partial charge on any atom is -0.492 e. The number of ether oxygens (including phenoxy) is 1. The maximum Gasteiger partial charge on any atom is 0.175 e. The minimum atomic E-state index is -0.420. The Balaban J connectivity index is 2.43. The van der Waals surface area contributed by atoms with Crippen LogP contribution in [0, 0.1) is 5.92 Å². The van der Waals surface area contributed by atoms with Crippen LogP contribution in [0.25, 0.3) is 0 Å². The number of fused-ring (bicyclic) bond motifs is 1. The summed E-state index contributed by atoms with van der Waals surface area (Å²) in [6, 6.07) is 5.30. The summed E-state index contributed by atoms with van der Waals surface area (Å²) >= 11 is 3.29. The van der Waals surface area contributed by atoms with E-state index in [1.54, 1.807) is 12.1 Å². The highest BCUT2D eigenvalue weighted by molar-refractivity contribution is 9.10. The van der Waals surface area contributed by atoms with Crippen LogP contribution in [-0.2, 0) is 0 Å². The van der Waals surface area contributed by atoms with Crippen molar-refractivity contribution in [2.75, 3.05) is 13.2 Å². The fraction of sp³-hybridized carbons (Fsp3) is 0.300. The Morgan fingerprint density at radius 1 is 1.57 bits per heavy atom. The summed E-state index contributed by atoms with van der Waals surface area (Å²) in [5.41, 5.74) is 0.546. The summed E-state index contributed by atoms with van der Waals surface area (Å²) in [6.45, 7) is 0.106. The summed E-state index contributed by atoms with van der Waals surface area (Å²) in [7, 11) is 0. The fourth-order valence-corrected chi connectivity index (χ4v) is 1.80. The maximum absolute atomic E-state index is 11.7. The van der Waals surface area contributed by atoms with E-state index in [0.29, 0.717) is 11.3 Å². The van der Waals surface area contributed by atoms with E-state index in [2.05, 4.69) is 15.9 Å². The van der Waals surface area contributed by atoms with E-state index in [-0.39, 0.29) is 19.0 Å². The number of halogens is 1. The van der Waals surface area contributed by atoms with Crippen LogP contribution >= 0.6 is 15.9 Å². The maximum atomic E-state index is 11.7. The third-order valence-electron chi connectivity index (χ3n) is 2.24. The number of hydrogen-bond acceptors (Lipinski definition) is 3. The summed E-state index contributed by atoms with van der Waals surface area (Å²) in [5, 5.41) is 8.94. The summed E-state index contributed by atoms with van der Waals surface area (Å²) < 4.78 is 6.19. The second-order valence-corrected chi connectivity index (χ2v) is 4.11. The molecular weight excluding hydrogens is 248 g/mol. The van der Waals surface area contributed by atoms with Crippen molar-refractivity contribution in [3.05, 3.63) is 28.2 Å². The largest absolute Gasteiger partial charge is 0.492 e. The van der Waals surface area contributed by atoms with E-state index in [1.165, 1.54) is 0 Å². The fourth-order valence-electron chi connectivity index (χ4n) is 1.44. The number of aliphatic hydroxyl groups is 1. The molecule has 74 valence electrons. The number of aliphatic hydroxyl groups excluding tert-OH is 1. The third-order valence-corrected chi connectivity index (χ3v) is 2.73. The molecule has 1 aromatic carbocycles. The Kier molecular flexibility index (Phi) is 2.56. The Morgan fingerprint density at radius 2 is 2.36 bits per heavy atom. The first kappa shape index (κ1) is 9.68. The second kappa shape index (κ2) is 3.71. The highest BCUT2D eigenvalue weighted by Gasteiger charge is 2.28. The predicted molar refractivity (Wildman–Crippen MR) is 54.5 cm³/mol. The SMILES string of the molecule is O=C1c2cc(Br)ccc2OCC1CO. The zero-order chi connectivity index (χ0) is 10.1. The molecule has 0 aliphatic carbocycles. The number of rotatable bonds is 1. The van der Waals surface area contributed by atoms with Crippen molar-refractivity contribution in [1.82, 2.24) is 0 Å². The number of carbonyl (C=O) groups is 1. The lowest BCUT2D eigenvalue weighted by atomic mass is 9.96. The van der Waals surface area contributed by atoms with Gasteiger partial charge in [0, 0.05) is 4.47 Å². The van der Waals surface area contributed by atoms with Crippen molar-refractivity contribution < 1.29 is 14.6 Å². The van der Waals surface area contributed by atoms with Crippen LogP contribution < -0.4 is 4.74 Å². The van der Waals surface area contributed by atoms with Gasteiger partial charge >= 0.3 is 0 Å². The average Bonchev–Trinajstić information content (AvgIpc) is 2.20. The van der Waals surface area contributed by atoms with Crippen molar-refractivity contribution in [2.24, 2.45) is 5.92 Å². The first-order valence-corrected chi connectivity index (χ1v) is 5.09. The van der Waals surface area contributed by atoms with Gasteiger partial charge in [-0.25, -0.2) is 0 Å². The highest BCUT2D eigenvalue weighted by Crippen LogP contribution is 2.29. The summed E-state index contributed by atoms with van der Waals surface area (Å²) in [4.78, 5) is 11.7. The Labute approximate surface area is 89.8 Å². The van der Waals surface area contributed by atoms with E-state index in [1.807, 2.05) is 6.07 Å². The van der Waals surface area contributed by atoms with Crippen molar-refractivity contribution in [3.63, 3.8) is 0 Å². The van der Waals surface area contributed by atoms with Crippen LogP contribution in [-0.4, -0.2) is 24.1 Å². The predicted octanol–water partition coefficient (Wildman–Crippen LogP) is 1.63. The third kappa shape index (κ3) is 1.55. The molecule has 1 N–H and O–H groups in total. The molecule has 0 spiro atoms. The van der Waals surface area contributed by atoms with Gasteiger partial charge in [0.1, 0.15) is 12.4 Å². The van der Waals surface area contributed by atoms with Gasteiger partial charge in [-0.15, -0.1) is 0 Å². The standard InChI is InChI=1S/C10H9BrO3/c11-7-1-2-9-8(3-7)10(13)6(4-12)5-14-9/h1-3,6,12H,4-5H2. The first-order valence-electron chi connectivity index (χ1n) is 4.30. The molecule has 1 unspecified atom stereocenters. The van der Waals surface area contributed by atoms with Gasteiger partial charge in [-0.05, 0) is 18.2 Å². The number of ketones is 1. The lowest BCUT2D eigenvalue weighted by molar-refractivity contribution is 0.0738. The van der Waals surface area contributed by atoms with Crippen LogP contribution in [0.3, 0.4) is 0 Å². The lowest BCUT2D eigenvalue weighted by Crippen LogP contribution is -2.30. The molecule has 1 aliphatic rings. The molecule has 0 saturated heterocycles. The molecular formula is C10H9BrO3. The van der Waals surface area contributed by atoms with Crippen LogP contribution in [0.2, 0.25) is 0 Å². The number of hydrogen-bond donors (Lipinski definition) is 1. The van der Waals surface area contributed by atoms with Crippen LogP contribution in [0.15, 0.2) is 22.7 Å². The molecule has 14 heavy (non-hydrogen) atoms. The number of carbonyl (C=O) groups excluding carboxylic acids is 1. The highest BCUT2D eigenvalue weighted by atomic mass is 79.9.